The third-order valence-electron chi connectivity index (χ3n) is 4.20. The van der Waals surface area contributed by atoms with E-state index in [-0.39, 0.29) is 4.90 Å². The van der Waals surface area contributed by atoms with Gasteiger partial charge in [0, 0.05) is 16.4 Å². The van der Waals surface area contributed by atoms with Gasteiger partial charge in [0.15, 0.2) is 5.11 Å². The fourth-order valence-electron chi connectivity index (χ4n) is 2.61. The fraction of sp³-hybridized carbons (Fsp3) is 0.0952. The highest BCUT2D eigenvalue weighted by molar-refractivity contribution is 7.92. The Bertz CT molecular complexity index is 1170. The van der Waals surface area contributed by atoms with Crippen LogP contribution in [0.15, 0.2) is 71.6 Å². The summed E-state index contributed by atoms with van der Waals surface area (Å²) in [5, 5.41) is 7.05. The third-order valence-corrected chi connectivity index (χ3v) is 6.20. The van der Waals surface area contributed by atoms with Gasteiger partial charge < -0.3 is 15.4 Å². The Hall–Kier alpha value is -2.81. The predicted octanol–water partition coefficient (Wildman–Crippen LogP) is 5.27. The lowest BCUT2D eigenvalue weighted by molar-refractivity contribution is 0.417. The minimum absolute atomic E-state index is 0.114. The Morgan fingerprint density at radius 1 is 0.967 bits per heavy atom. The number of sulfonamides is 1. The van der Waals surface area contributed by atoms with E-state index in [1.54, 1.807) is 42.5 Å². The number of halogens is 1. The Labute approximate surface area is 186 Å². The van der Waals surface area contributed by atoms with Crippen molar-refractivity contribution in [2.24, 2.45) is 0 Å². The summed E-state index contributed by atoms with van der Waals surface area (Å²) in [6.45, 7) is 1.92. The molecule has 0 unspecified atom stereocenters. The Kier molecular flexibility index (Phi) is 6.81. The molecule has 0 amide bonds. The number of ether oxygens (including phenoxy) is 1. The maximum Gasteiger partial charge on any atom is 0.262 e. The lowest BCUT2D eigenvalue weighted by atomic mass is 10.2. The Morgan fingerprint density at radius 3 is 2.27 bits per heavy atom. The first kappa shape index (κ1) is 21.9. The van der Waals surface area contributed by atoms with Gasteiger partial charge in [0.1, 0.15) is 5.75 Å². The molecule has 0 aliphatic rings. The van der Waals surface area contributed by atoms with E-state index in [0.717, 1.165) is 11.3 Å². The molecule has 30 heavy (non-hydrogen) atoms. The summed E-state index contributed by atoms with van der Waals surface area (Å²) in [5.41, 5.74) is 2.73. The van der Waals surface area contributed by atoms with E-state index in [2.05, 4.69) is 15.4 Å². The maximum absolute atomic E-state index is 12.7. The largest absolute Gasteiger partial charge is 0.495 e. The molecule has 0 heterocycles. The zero-order valence-corrected chi connectivity index (χ0v) is 18.7. The molecule has 6 nitrogen and oxygen atoms in total. The van der Waals surface area contributed by atoms with Gasteiger partial charge in [-0.2, -0.15) is 0 Å². The average Bonchev–Trinajstić information content (AvgIpc) is 2.71. The van der Waals surface area contributed by atoms with E-state index >= 15 is 0 Å². The van der Waals surface area contributed by atoms with Crippen LogP contribution in [0.1, 0.15) is 5.56 Å². The standard InChI is InChI=1S/C21H20ClN3O3S2/c1-14-7-8-16(13-18(14)22)24-21(29)23-15-9-11-17(12-10-15)30(26,27)25-19-5-3-4-6-20(19)28-2/h3-13,25H,1-2H3,(H2,23,24,29). The predicted molar refractivity (Wildman–Crippen MR) is 126 cm³/mol. The maximum atomic E-state index is 12.7. The molecule has 0 saturated heterocycles. The summed E-state index contributed by atoms with van der Waals surface area (Å²) in [7, 11) is -2.29. The van der Waals surface area contributed by atoms with Crippen LogP contribution in [0.25, 0.3) is 0 Å². The van der Waals surface area contributed by atoms with Crippen LogP contribution in [-0.2, 0) is 10.0 Å². The molecule has 0 saturated carbocycles. The van der Waals surface area contributed by atoms with Gasteiger partial charge in [-0.15, -0.1) is 0 Å². The molecule has 3 aromatic rings. The minimum atomic E-state index is -3.77. The summed E-state index contributed by atoms with van der Waals surface area (Å²) >= 11 is 11.4. The first-order chi connectivity index (χ1) is 14.3. The normalized spacial score (nSPS) is 10.9. The Morgan fingerprint density at radius 2 is 1.60 bits per heavy atom. The van der Waals surface area contributed by atoms with Crippen molar-refractivity contribution in [3.05, 3.63) is 77.3 Å². The molecule has 0 radical (unpaired) electrons. The van der Waals surface area contributed by atoms with Gasteiger partial charge in [0.25, 0.3) is 10.0 Å². The number of para-hydroxylation sites is 2. The van der Waals surface area contributed by atoms with Gasteiger partial charge in [-0.3, -0.25) is 4.72 Å². The van der Waals surface area contributed by atoms with Gasteiger partial charge in [0.05, 0.1) is 17.7 Å². The number of hydrogen-bond donors (Lipinski definition) is 3. The lowest BCUT2D eigenvalue weighted by Crippen LogP contribution is -2.19. The molecule has 0 fully saturated rings. The van der Waals surface area contributed by atoms with Gasteiger partial charge in [-0.1, -0.05) is 29.8 Å². The van der Waals surface area contributed by atoms with Gasteiger partial charge in [-0.25, -0.2) is 8.42 Å². The first-order valence-electron chi connectivity index (χ1n) is 8.88. The number of methoxy groups -OCH3 is 1. The monoisotopic (exact) mass is 461 g/mol. The third kappa shape index (κ3) is 5.41. The molecule has 0 spiro atoms. The lowest BCUT2D eigenvalue weighted by Gasteiger charge is -2.13. The topological polar surface area (TPSA) is 79.5 Å². The molecule has 0 bridgehead atoms. The van der Waals surface area contributed by atoms with Crippen LogP contribution in [0.3, 0.4) is 0 Å². The smallest absolute Gasteiger partial charge is 0.262 e. The van der Waals surface area contributed by atoms with Crippen LogP contribution >= 0.6 is 23.8 Å². The zero-order chi connectivity index (χ0) is 21.7. The molecule has 0 aliphatic carbocycles. The highest BCUT2D eigenvalue weighted by atomic mass is 35.5. The van der Waals surface area contributed by atoms with Crippen LogP contribution < -0.4 is 20.1 Å². The highest BCUT2D eigenvalue weighted by Crippen LogP contribution is 2.26. The van der Waals surface area contributed by atoms with Crippen LogP contribution in [-0.4, -0.2) is 20.6 Å². The van der Waals surface area contributed by atoms with E-state index in [1.807, 2.05) is 19.1 Å². The number of benzene rings is 3. The first-order valence-corrected chi connectivity index (χ1v) is 11.2. The molecule has 0 atom stereocenters. The van der Waals surface area contributed by atoms with Crippen molar-refractivity contribution in [1.82, 2.24) is 0 Å². The molecular weight excluding hydrogens is 442 g/mol. The second kappa shape index (κ2) is 9.34. The molecule has 3 aromatic carbocycles. The SMILES string of the molecule is COc1ccccc1NS(=O)(=O)c1ccc(NC(=S)Nc2ccc(C)c(Cl)c2)cc1. The number of anilines is 3. The second-order valence-corrected chi connectivity index (χ2v) is 8.87. The molecule has 3 rings (SSSR count). The van der Waals surface area contributed by atoms with Gasteiger partial charge in [0.2, 0.25) is 0 Å². The van der Waals surface area contributed by atoms with E-state index in [0.29, 0.717) is 27.3 Å². The number of thiocarbonyl (C=S) groups is 1. The summed E-state index contributed by atoms with van der Waals surface area (Å²) in [6.07, 6.45) is 0. The summed E-state index contributed by atoms with van der Waals surface area (Å²) in [4.78, 5) is 0.114. The molecule has 156 valence electrons. The molecule has 9 heteroatoms. The van der Waals surface area contributed by atoms with E-state index in [9.17, 15) is 8.42 Å². The minimum Gasteiger partial charge on any atom is -0.495 e. The van der Waals surface area contributed by atoms with Crippen molar-refractivity contribution in [2.75, 3.05) is 22.5 Å². The van der Waals surface area contributed by atoms with Crippen LogP contribution in [0.5, 0.6) is 5.75 Å². The van der Waals surface area contributed by atoms with Crippen LogP contribution in [0, 0.1) is 6.92 Å². The van der Waals surface area contributed by atoms with E-state index in [1.165, 1.54) is 19.2 Å². The fourth-order valence-corrected chi connectivity index (χ4v) is 4.10. The molecule has 3 N–H and O–H groups in total. The van der Waals surface area contributed by atoms with Gasteiger partial charge >= 0.3 is 0 Å². The van der Waals surface area contributed by atoms with Crippen molar-refractivity contribution >= 4 is 56.0 Å². The highest BCUT2D eigenvalue weighted by Gasteiger charge is 2.16. The summed E-state index contributed by atoms with van der Waals surface area (Å²) < 4.78 is 33.1. The molecular formula is C21H20ClN3O3S2. The molecule has 0 aromatic heterocycles. The van der Waals surface area contributed by atoms with E-state index in [4.69, 9.17) is 28.6 Å². The van der Waals surface area contributed by atoms with Gasteiger partial charge in [-0.05, 0) is 73.2 Å². The van der Waals surface area contributed by atoms with Crippen molar-refractivity contribution in [3.63, 3.8) is 0 Å². The zero-order valence-electron chi connectivity index (χ0n) is 16.3. The molecule has 0 aliphatic heterocycles. The number of hydrogen-bond acceptors (Lipinski definition) is 4. The van der Waals surface area contributed by atoms with Crippen LogP contribution in [0.4, 0.5) is 17.1 Å². The van der Waals surface area contributed by atoms with Crippen molar-refractivity contribution in [3.8, 4) is 5.75 Å². The quantitative estimate of drug-likeness (QED) is 0.434. The van der Waals surface area contributed by atoms with Crippen molar-refractivity contribution in [2.45, 2.75) is 11.8 Å². The number of nitrogens with one attached hydrogen (secondary N) is 3. The summed E-state index contributed by atoms with van der Waals surface area (Å²) in [6, 6.07) is 18.6. The summed E-state index contributed by atoms with van der Waals surface area (Å²) in [5.74, 6) is 0.437. The number of rotatable bonds is 6. The Balaban J connectivity index is 1.67. The van der Waals surface area contributed by atoms with Crippen LogP contribution in [0.2, 0.25) is 5.02 Å². The van der Waals surface area contributed by atoms with Crippen molar-refractivity contribution in [1.29, 1.82) is 0 Å². The number of aryl methyl sites for hydroxylation is 1. The average molecular weight is 462 g/mol. The van der Waals surface area contributed by atoms with Crippen molar-refractivity contribution < 1.29 is 13.2 Å². The van der Waals surface area contributed by atoms with E-state index < -0.39 is 10.0 Å². The second-order valence-electron chi connectivity index (χ2n) is 6.37.